The van der Waals surface area contributed by atoms with E-state index in [1.807, 2.05) is 0 Å². The summed E-state index contributed by atoms with van der Waals surface area (Å²) in [7, 11) is 0. The number of thiophene rings is 1. The van der Waals surface area contributed by atoms with Gasteiger partial charge in [0.15, 0.2) is 5.70 Å². The number of quaternary nitrogens is 1. The van der Waals surface area contributed by atoms with Crippen molar-refractivity contribution in [3.63, 3.8) is 0 Å². The minimum atomic E-state index is -4.12. The standard InChI is InChI=1S/C11H10F4N2S/c12-10(13)11(14,15)9-6-7(16-3-4-17-9)8-2-1-5-18-8/h1-2,5-6,10,17H,3-4H2/p+1. The van der Waals surface area contributed by atoms with Gasteiger partial charge in [0, 0.05) is 6.08 Å². The minimum Gasteiger partial charge on any atom is -0.310 e. The summed E-state index contributed by atoms with van der Waals surface area (Å²) in [5, 5.41) is 2.92. The molecule has 7 heteroatoms. The van der Waals surface area contributed by atoms with E-state index in [2.05, 4.69) is 4.99 Å². The fourth-order valence-electron chi connectivity index (χ4n) is 1.59. The van der Waals surface area contributed by atoms with Crippen molar-refractivity contribution >= 4 is 17.0 Å². The number of allylic oxidation sites excluding steroid dienone is 2. The first-order chi connectivity index (χ1) is 8.51. The fraction of sp³-hybridized carbons (Fsp3) is 0.364. The number of hydrogen-bond acceptors (Lipinski definition) is 2. The maximum atomic E-state index is 13.3. The van der Waals surface area contributed by atoms with E-state index < -0.39 is 18.0 Å². The third kappa shape index (κ3) is 2.62. The van der Waals surface area contributed by atoms with E-state index in [1.165, 1.54) is 11.3 Å². The van der Waals surface area contributed by atoms with Crippen LogP contribution in [0.25, 0.3) is 0 Å². The molecular weight excluding hydrogens is 268 g/mol. The summed E-state index contributed by atoms with van der Waals surface area (Å²) in [4.78, 5) is 4.83. The molecule has 2 heterocycles. The third-order valence-corrected chi connectivity index (χ3v) is 3.39. The number of alkyl halides is 4. The lowest BCUT2D eigenvalue weighted by Crippen LogP contribution is -2.86. The van der Waals surface area contributed by atoms with Crippen LogP contribution < -0.4 is 5.32 Å². The van der Waals surface area contributed by atoms with Crippen LogP contribution in [0.5, 0.6) is 0 Å². The Balaban J connectivity index is 2.35. The highest BCUT2D eigenvalue weighted by Crippen LogP contribution is 2.28. The molecule has 0 spiro atoms. The Bertz CT molecular complexity index is 465. The predicted molar refractivity (Wildman–Crippen MR) is 61.5 cm³/mol. The van der Waals surface area contributed by atoms with Crippen LogP contribution in [0, 0.1) is 0 Å². The summed E-state index contributed by atoms with van der Waals surface area (Å²) in [5.74, 6) is -4.12. The third-order valence-electron chi connectivity index (χ3n) is 2.50. The Labute approximate surface area is 105 Å². The Kier molecular flexibility index (Phi) is 3.82. The maximum Gasteiger partial charge on any atom is 0.379 e. The molecule has 2 rings (SSSR count). The minimum absolute atomic E-state index is 0.239. The van der Waals surface area contributed by atoms with E-state index >= 15 is 0 Å². The van der Waals surface area contributed by atoms with Crippen molar-refractivity contribution in [1.29, 1.82) is 0 Å². The summed E-state index contributed by atoms with van der Waals surface area (Å²) in [6.45, 7) is 0.565. The molecule has 0 unspecified atom stereocenters. The van der Waals surface area contributed by atoms with Gasteiger partial charge >= 0.3 is 12.3 Å². The molecule has 1 aromatic heterocycles. The largest absolute Gasteiger partial charge is 0.379 e. The molecule has 98 valence electrons. The van der Waals surface area contributed by atoms with E-state index in [0.717, 1.165) is 11.4 Å². The second kappa shape index (κ2) is 5.19. The van der Waals surface area contributed by atoms with Crippen molar-refractivity contribution < 1.29 is 22.9 Å². The number of hydrogen-bond donors (Lipinski definition) is 1. The summed E-state index contributed by atoms with van der Waals surface area (Å²) in [6.07, 6.45) is -2.65. The van der Waals surface area contributed by atoms with Gasteiger partial charge in [-0.25, -0.2) is 8.78 Å². The molecule has 0 fully saturated rings. The van der Waals surface area contributed by atoms with Crippen LogP contribution in [0.1, 0.15) is 4.88 Å². The van der Waals surface area contributed by atoms with Gasteiger partial charge in [0.05, 0.1) is 23.7 Å². The highest BCUT2D eigenvalue weighted by molar-refractivity contribution is 7.12. The highest BCUT2D eigenvalue weighted by Gasteiger charge is 2.48. The number of aliphatic imine (C=N–C) groups is 1. The topological polar surface area (TPSA) is 29.0 Å². The van der Waals surface area contributed by atoms with Crippen LogP contribution in [0.4, 0.5) is 17.6 Å². The van der Waals surface area contributed by atoms with Gasteiger partial charge in [-0.05, 0) is 11.4 Å². The van der Waals surface area contributed by atoms with Gasteiger partial charge < -0.3 is 5.32 Å². The molecule has 2 N–H and O–H groups in total. The van der Waals surface area contributed by atoms with Crippen molar-refractivity contribution in [3.05, 3.63) is 34.2 Å². The number of rotatable bonds is 3. The fourth-order valence-corrected chi connectivity index (χ4v) is 2.29. The SMILES string of the molecule is FC(F)C(F)(F)C1=CC(c2cccs2)=NCC[NH2+]1. The van der Waals surface area contributed by atoms with E-state index in [1.54, 1.807) is 17.5 Å². The average Bonchev–Trinajstić information content (AvgIpc) is 2.73. The number of nitrogens with zero attached hydrogens (tertiary/aromatic N) is 1. The van der Waals surface area contributed by atoms with Gasteiger partial charge in [-0.3, -0.25) is 4.99 Å². The van der Waals surface area contributed by atoms with Gasteiger partial charge in [0.1, 0.15) is 0 Å². The molecule has 18 heavy (non-hydrogen) atoms. The zero-order valence-electron chi connectivity index (χ0n) is 9.25. The maximum absolute atomic E-state index is 13.3. The molecule has 2 nitrogen and oxygen atoms in total. The Morgan fingerprint density at radius 1 is 1.39 bits per heavy atom. The molecule has 1 aromatic rings. The van der Waals surface area contributed by atoms with Crippen LogP contribution in [-0.2, 0) is 0 Å². The molecule has 0 saturated carbocycles. The molecule has 0 radical (unpaired) electrons. The zero-order chi connectivity index (χ0) is 13.2. The van der Waals surface area contributed by atoms with Gasteiger partial charge in [0.25, 0.3) is 0 Å². The lowest BCUT2D eigenvalue weighted by Gasteiger charge is -2.15. The first-order valence-electron chi connectivity index (χ1n) is 5.31. The van der Waals surface area contributed by atoms with Crippen LogP contribution in [-0.4, -0.2) is 31.1 Å². The number of nitrogens with two attached hydrogens (primary N) is 1. The second-order valence-electron chi connectivity index (χ2n) is 3.76. The van der Waals surface area contributed by atoms with Crippen molar-refractivity contribution in [2.24, 2.45) is 4.99 Å². The highest BCUT2D eigenvalue weighted by atomic mass is 32.1. The second-order valence-corrected chi connectivity index (χ2v) is 4.71. The normalized spacial score (nSPS) is 17.4. The number of halogens is 4. The molecule has 1 aliphatic heterocycles. The van der Waals surface area contributed by atoms with E-state index in [-0.39, 0.29) is 6.54 Å². The Morgan fingerprint density at radius 2 is 2.17 bits per heavy atom. The van der Waals surface area contributed by atoms with Crippen LogP contribution in [0.2, 0.25) is 0 Å². The average molecular weight is 279 g/mol. The molecule has 0 amide bonds. The smallest absolute Gasteiger partial charge is 0.310 e. The van der Waals surface area contributed by atoms with E-state index in [0.29, 0.717) is 17.1 Å². The van der Waals surface area contributed by atoms with Crippen molar-refractivity contribution in [1.82, 2.24) is 0 Å². The van der Waals surface area contributed by atoms with E-state index in [4.69, 9.17) is 0 Å². The van der Waals surface area contributed by atoms with Gasteiger partial charge in [-0.1, -0.05) is 6.07 Å². The summed E-state index contributed by atoms with van der Waals surface area (Å²) in [5.41, 5.74) is -0.309. The summed E-state index contributed by atoms with van der Waals surface area (Å²) < 4.78 is 51.4. The lowest BCUT2D eigenvalue weighted by atomic mass is 10.2. The molecule has 0 aliphatic carbocycles. The molecule has 0 atom stereocenters. The van der Waals surface area contributed by atoms with Crippen molar-refractivity contribution in [3.8, 4) is 0 Å². The van der Waals surface area contributed by atoms with Crippen molar-refractivity contribution in [2.75, 3.05) is 13.1 Å². The quantitative estimate of drug-likeness (QED) is 0.819. The molecule has 0 aromatic carbocycles. The van der Waals surface area contributed by atoms with Crippen LogP contribution in [0.15, 0.2) is 34.3 Å². The zero-order valence-corrected chi connectivity index (χ0v) is 10.1. The van der Waals surface area contributed by atoms with Crippen LogP contribution in [0.3, 0.4) is 0 Å². The molecule has 0 saturated heterocycles. The monoisotopic (exact) mass is 279 g/mol. The Morgan fingerprint density at radius 3 is 2.78 bits per heavy atom. The van der Waals surface area contributed by atoms with Gasteiger partial charge in [-0.2, -0.15) is 8.78 Å². The van der Waals surface area contributed by atoms with Gasteiger partial charge in [0.2, 0.25) is 0 Å². The van der Waals surface area contributed by atoms with Crippen molar-refractivity contribution in [2.45, 2.75) is 12.3 Å². The molecule has 0 bridgehead atoms. The molecular formula is C11H11F4N2S+. The first-order valence-corrected chi connectivity index (χ1v) is 6.19. The molecule has 1 aliphatic rings. The first kappa shape index (κ1) is 13.2. The van der Waals surface area contributed by atoms with Gasteiger partial charge in [-0.15, -0.1) is 11.3 Å². The van der Waals surface area contributed by atoms with Crippen LogP contribution >= 0.6 is 11.3 Å². The summed E-state index contributed by atoms with van der Waals surface area (Å²) >= 11 is 1.34. The summed E-state index contributed by atoms with van der Waals surface area (Å²) in [6, 6.07) is 3.49. The van der Waals surface area contributed by atoms with E-state index in [9.17, 15) is 17.6 Å². The predicted octanol–water partition coefficient (Wildman–Crippen LogP) is 1.90. The Hall–Kier alpha value is -1.21. The lowest BCUT2D eigenvalue weighted by molar-refractivity contribution is -0.619.